The van der Waals surface area contributed by atoms with Gasteiger partial charge in [-0.3, -0.25) is 4.79 Å². The summed E-state index contributed by atoms with van der Waals surface area (Å²) in [5.41, 5.74) is -0.497. The van der Waals surface area contributed by atoms with Crippen LogP contribution >= 0.6 is 0 Å². The van der Waals surface area contributed by atoms with Crippen molar-refractivity contribution in [1.29, 1.82) is 0 Å². The zero-order valence-corrected chi connectivity index (χ0v) is 15.7. The molecule has 1 aliphatic rings. The second kappa shape index (κ2) is 12.0. The summed E-state index contributed by atoms with van der Waals surface area (Å²) in [6, 6.07) is 0. The Balaban J connectivity index is 2.28. The molecule has 2 N–H and O–H groups in total. The monoisotopic (exact) mass is 406 g/mol. The SMILES string of the molecule is CC(OC(=O)COCCO[N+](=O)[O-])OC(=O)NCC1(CC(=O)O)CCCCC1. The molecule has 0 radical (unpaired) electrons. The van der Waals surface area contributed by atoms with Gasteiger partial charge in [-0.1, -0.05) is 19.3 Å². The van der Waals surface area contributed by atoms with E-state index in [1.807, 2.05) is 0 Å². The Morgan fingerprint density at radius 1 is 1.18 bits per heavy atom. The van der Waals surface area contributed by atoms with E-state index in [1.165, 1.54) is 6.92 Å². The number of nitrogens with one attached hydrogen (secondary N) is 1. The van der Waals surface area contributed by atoms with E-state index in [2.05, 4.69) is 10.2 Å². The maximum Gasteiger partial charge on any atom is 0.410 e. The number of carbonyl (C=O) groups excluding carboxylic acids is 2. The summed E-state index contributed by atoms with van der Waals surface area (Å²) < 4.78 is 14.5. The van der Waals surface area contributed by atoms with E-state index in [-0.39, 0.29) is 26.2 Å². The normalized spacial score (nSPS) is 16.5. The first kappa shape index (κ1) is 23.4. The average Bonchev–Trinajstić information content (AvgIpc) is 2.59. The molecular weight excluding hydrogens is 380 g/mol. The standard InChI is InChI=1S/C16H26N2O10/c1-12(27-14(21)10-25-7-8-26-18(23)24)28-15(22)17-11-16(9-13(19)20)5-3-2-4-6-16/h12H,2-11H2,1H3,(H,17,22)(H,19,20). The van der Waals surface area contributed by atoms with Crippen molar-refractivity contribution in [2.45, 2.75) is 51.7 Å². The van der Waals surface area contributed by atoms with Gasteiger partial charge in [-0.2, -0.15) is 0 Å². The van der Waals surface area contributed by atoms with Gasteiger partial charge >= 0.3 is 18.0 Å². The smallest absolute Gasteiger partial charge is 0.410 e. The first-order valence-electron chi connectivity index (χ1n) is 8.93. The highest BCUT2D eigenvalue weighted by atomic mass is 17.0. The maximum absolute atomic E-state index is 11.9. The highest BCUT2D eigenvalue weighted by molar-refractivity contribution is 5.71. The molecule has 1 fully saturated rings. The number of carbonyl (C=O) groups is 3. The van der Waals surface area contributed by atoms with Gasteiger partial charge < -0.3 is 29.5 Å². The lowest BCUT2D eigenvalue weighted by molar-refractivity contribution is -0.758. The van der Waals surface area contributed by atoms with Crippen LogP contribution in [0.25, 0.3) is 0 Å². The first-order chi connectivity index (χ1) is 13.2. The molecule has 0 heterocycles. The highest BCUT2D eigenvalue weighted by Crippen LogP contribution is 2.38. The summed E-state index contributed by atoms with van der Waals surface area (Å²) in [7, 11) is 0. The van der Waals surface area contributed by atoms with Crippen LogP contribution in [0.15, 0.2) is 0 Å². The van der Waals surface area contributed by atoms with Crippen LogP contribution in [0.2, 0.25) is 0 Å². The lowest BCUT2D eigenvalue weighted by Gasteiger charge is -2.36. The van der Waals surface area contributed by atoms with Crippen molar-refractivity contribution in [3.05, 3.63) is 10.1 Å². The van der Waals surface area contributed by atoms with E-state index < -0.39 is 41.4 Å². The lowest BCUT2D eigenvalue weighted by atomic mass is 9.72. The van der Waals surface area contributed by atoms with Crippen LogP contribution in [0.3, 0.4) is 0 Å². The van der Waals surface area contributed by atoms with Gasteiger partial charge in [-0.15, -0.1) is 10.1 Å². The summed E-state index contributed by atoms with van der Waals surface area (Å²) in [5, 5.41) is 20.6. The number of alkyl carbamates (subject to hydrolysis) is 1. The minimum absolute atomic E-state index is 0.0324. The van der Waals surface area contributed by atoms with Gasteiger partial charge in [0.25, 0.3) is 5.09 Å². The zero-order chi connectivity index (χ0) is 21.0. The molecule has 1 saturated carbocycles. The van der Waals surface area contributed by atoms with Crippen LogP contribution in [-0.4, -0.2) is 60.9 Å². The first-order valence-corrected chi connectivity index (χ1v) is 8.93. The molecule has 1 aliphatic carbocycles. The fraction of sp³-hybridized carbons (Fsp3) is 0.812. The van der Waals surface area contributed by atoms with Crippen LogP contribution in [0.4, 0.5) is 4.79 Å². The molecule has 12 heteroatoms. The second-order valence-electron chi connectivity index (χ2n) is 6.56. The second-order valence-corrected chi connectivity index (χ2v) is 6.56. The number of carboxylic acid groups (broad SMARTS) is 1. The molecule has 0 aliphatic heterocycles. The number of hydrogen-bond acceptors (Lipinski definition) is 9. The van der Waals surface area contributed by atoms with Crippen LogP contribution in [-0.2, 0) is 28.6 Å². The molecule has 1 amide bonds. The average molecular weight is 406 g/mol. The van der Waals surface area contributed by atoms with Crippen LogP contribution < -0.4 is 5.32 Å². The Hall–Kier alpha value is -2.63. The van der Waals surface area contributed by atoms with Crippen molar-refractivity contribution in [2.24, 2.45) is 5.41 Å². The lowest BCUT2D eigenvalue weighted by Crippen LogP contribution is -2.41. The van der Waals surface area contributed by atoms with E-state index >= 15 is 0 Å². The number of aliphatic carboxylic acids is 1. The molecule has 12 nitrogen and oxygen atoms in total. The number of hydrogen-bond donors (Lipinski definition) is 2. The van der Waals surface area contributed by atoms with E-state index in [1.54, 1.807) is 0 Å². The number of amides is 1. The number of nitrogens with zero attached hydrogens (tertiary/aromatic N) is 1. The largest absolute Gasteiger partial charge is 0.481 e. The van der Waals surface area contributed by atoms with Gasteiger partial charge in [-0.25, -0.2) is 9.59 Å². The molecule has 1 rings (SSSR count). The molecule has 28 heavy (non-hydrogen) atoms. The third kappa shape index (κ3) is 9.90. The van der Waals surface area contributed by atoms with Crippen molar-refractivity contribution < 1.29 is 43.6 Å². The van der Waals surface area contributed by atoms with Gasteiger partial charge in [0.2, 0.25) is 6.29 Å². The van der Waals surface area contributed by atoms with Crippen LogP contribution in [0, 0.1) is 15.5 Å². The minimum atomic E-state index is -1.19. The van der Waals surface area contributed by atoms with Crippen LogP contribution in [0.1, 0.15) is 45.4 Å². The molecule has 0 bridgehead atoms. The third-order valence-corrected chi connectivity index (χ3v) is 4.26. The van der Waals surface area contributed by atoms with Gasteiger partial charge in [0.1, 0.15) is 13.2 Å². The fourth-order valence-corrected chi connectivity index (χ4v) is 3.06. The number of ether oxygens (including phenoxy) is 3. The van der Waals surface area contributed by atoms with Crippen molar-refractivity contribution in [1.82, 2.24) is 5.32 Å². The summed E-state index contributed by atoms with van der Waals surface area (Å²) in [6.45, 7) is 0.502. The Morgan fingerprint density at radius 3 is 2.46 bits per heavy atom. The summed E-state index contributed by atoms with van der Waals surface area (Å²) in [4.78, 5) is 48.4. The Kier molecular flexibility index (Phi) is 9.99. The molecular formula is C16H26N2O10. The predicted octanol–water partition coefficient (Wildman–Crippen LogP) is 1.25. The van der Waals surface area contributed by atoms with Crippen molar-refractivity contribution in [3.8, 4) is 0 Å². The van der Waals surface area contributed by atoms with Gasteiger partial charge in [0, 0.05) is 13.5 Å². The quantitative estimate of drug-likeness (QED) is 0.158. The number of esters is 1. The predicted molar refractivity (Wildman–Crippen MR) is 91.6 cm³/mol. The maximum atomic E-state index is 11.9. The fourth-order valence-electron chi connectivity index (χ4n) is 3.06. The zero-order valence-electron chi connectivity index (χ0n) is 15.7. The van der Waals surface area contributed by atoms with Gasteiger partial charge in [-0.05, 0) is 18.3 Å². The third-order valence-electron chi connectivity index (χ3n) is 4.26. The Bertz CT molecular complexity index is 548. The van der Waals surface area contributed by atoms with Crippen molar-refractivity contribution in [3.63, 3.8) is 0 Å². The number of carboxylic acids is 1. The summed E-state index contributed by atoms with van der Waals surface area (Å²) in [5.74, 6) is -1.74. The van der Waals surface area contributed by atoms with E-state index in [9.17, 15) is 24.5 Å². The highest BCUT2D eigenvalue weighted by Gasteiger charge is 2.35. The molecule has 1 unspecified atom stereocenters. The van der Waals surface area contributed by atoms with E-state index in [0.717, 1.165) is 19.3 Å². The Morgan fingerprint density at radius 2 is 1.86 bits per heavy atom. The van der Waals surface area contributed by atoms with Crippen LogP contribution in [0.5, 0.6) is 0 Å². The summed E-state index contributed by atoms with van der Waals surface area (Å²) >= 11 is 0. The van der Waals surface area contributed by atoms with Crippen molar-refractivity contribution in [2.75, 3.05) is 26.4 Å². The van der Waals surface area contributed by atoms with E-state index in [0.29, 0.717) is 12.8 Å². The molecule has 0 saturated heterocycles. The summed E-state index contributed by atoms with van der Waals surface area (Å²) in [6.07, 6.45) is 2.23. The Labute approximate surface area is 161 Å². The molecule has 0 spiro atoms. The van der Waals surface area contributed by atoms with Gasteiger partial charge in [0.05, 0.1) is 13.0 Å². The van der Waals surface area contributed by atoms with E-state index in [4.69, 9.17) is 19.3 Å². The van der Waals surface area contributed by atoms with Crippen molar-refractivity contribution >= 4 is 18.0 Å². The number of rotatable bonds is 12. The minimum Gasteiger partial charge on any atom is -0.481 e. The molecule has 0 aromatic carbocycles. The molecule has 0 aromatic rings. The van der Waals surface area contributed by atoms with Gasteiger partial charge in [0.15, 0.2) is 0 Å². The molecule has 160 valence electrons. The molecule has 1 atom stereocenters. The topological polar surface area (TPSA) is 164 Å². The molecule has 0 aromatic heterocycles.